The standard InChI is InChI=1S/C31H37N7O4/c1-21(2)26-20-42-31(41)38(26)27-15-18-34-30(37-27)35-22(3)24-10-12-25(13-11-24)36-29(40)8-4-5-17-33-28(39)14-9-23-7-6-16-32-19-23/h6-7,9-16,18-19,21-22,26H,4-5,8,17,20H2,1-3H3,(H,33,39)(H,36,40)(H,34,35,37)/b14-9+/t22-,26+/m0/s1. The van der Waals surface area contributed by atoms with Gasteiger partial charge >= 0.3 is 6.09 Å². The number of anilines is 3. The summed E-state index contributed by atoms with van der Waals surface area (Å²) in [5.41, 5.74) is 2.54. The summed E-state index contributed by atoms with van der Waals surface area (Å²) in [4.78, 5) is 51.0. The van der Waals surface area contributed by atoms with E-state index in [0.717, 1.165) is 11.1 Å². The number of pyridine rings is 1. The van der Waals surface area contributed by atoms with Crippen molar-refractivity contribution in [2.45, 2.75) is 52.1 Å². The Morgan fingerprint density at radius 1 is 1.10 bits per heavy atom. The van der Waals surface area contributed by atoms with Crippen LogP contribution in [0, 0.1) is 5.92 Å². The smallest absolute Gasteiger partial charge is 0.415 e. The third kappa shape index (κ3) is 8.60. The minimum atomic E-state index is -0.402. The fourth-order valence-corrected chi connectivity index (χ4v) is 4.43. The van der Waals surface area contributed by atoms with E-state index < -0.39 is 6.09 Å². The van der Waals surface area contributed by atoms with Gasteiger partial charge in [0.1, 0.15) is 12.4 Å². The molecule has 4 rings (SSSR count). The molecule has 1 aliphatic heterocycles. The number of amides is 3. The Hall–Kier alpha value is -4.80. The fraction of sp³-hybridized carbons (Fsp3) is 0.355. The van der Waals surface area contributed by atoms with E-state index in [1.54, 1.807) is 35.6 Å². The van der Waals surface area contributed by atoms with Gasteiger partial charge in [0.25, 0.3) is 0 Å². The lowest BCUT2D eigenvalue weighted by molar-refractivity contribution is -0.116. The number of ether oxygens (including phenoxy) is 1. The van der Waals surface area contributed by atoms with Gasteiger partial charge in [-0.3, -0.25) is 19.5 Å². The highest BCUT2D eigenvalue weighted by Crippen LogP contribution is 2.27. The fourth-order valence-electron chi connectivity index (χ4n) is 4.43. The molecule has 0 bridgehead atoms. The monoisotopic (exact) mass is 571 g/mol. The average Bonchev–Trinajstić information content (AvgIpc) is 3.38. The lowest BCUT2D eigenvalue weighted by atomic mass is 10.0. The van der Waals surface area contributed by atoms with Gasteiger partial charge in [-0.2, -0.15) is 4.98 Å². The molecule has 11 nitrogen and oxygen atoms in total. The van der Waals surface area contributed by atoms with E-state index in [-0.39, 0.29) is 29.8 Å². The molecule has 1 saturated heterocycles. The molecule has 220 valence electrons. The first-order chi connectivity index (χ1) is 20.3. The van der Waals surface area contributed by atoms with E-state index in [1.807, 2.05) is 57.2 Å². The highest BCUT2D eigenvalue weighted by molar-refractivity contribution is 5.92. The number of aromatic nitrogens is 3. The van der Waals surface area contributed by atoms with Crippen LogP contribution in [0.2, 0.25) is 0 Å². The number of nitrogens with one attached hydrogen (secondary N) is 3. The van der Waals surface area contributed by atoms with Crippen molar-refractivity contribution in [3.8, 4) is 0 Å². The number of carbonyl (C=O) groups is 3. The molecule has 3 amide bonds. The van der Waals surface area contributed by atoms with Gasteiger partial charge < -0.3 is 20.7 Å². The van der Waals surface area contributed by atoms with Gasteiger partial charge in [0, 0.05) is 43.3 Å². The van der Waals surface area contributed by atoms with Gasteiger partial charge in [0.15, 0.2) is 0 Å². The van der Waals surface area contributed by atoms with Crippen LogP contribution in [0.1, 0.15) is 57.2 Å². The maximum Gasteiger partial charge on any atom is 0.415 e. The Balaban J connectivity index is 1.19. The zero-order chi connectivity index (χ0) is 29.9. The average molecular weight is 572 g/mol. The van der Waals surface area contributed by atoms with E-state index in [9.17, 15) is 14.4 Å². The topological polar surface area (TPSA) is 138 Å². The Kier molecular flexibility index (Phi) is 10.6. The second-order valence-corrected chi connectivity index (χ2v) is 10.4. The lowest BCUT2D eigenvalue weighted by Gasteiger charge is -2.23. The number of nitrogens with zero attached hydrogens (tertiary/aromatic N) is 4. The van der Waals surface area contributed by atoms with E-state index >= 15 is 0 Å². The minimum Gasteiger partial charge on any atom is -0.447 e. The lowest BCUT2D eigenvalue weighted by Crippen LogP contribution is -2.37. The molecule has 1 aliphatic rings. The van der Waals surface area contributed by atoms with Crippen molar-refractivity contribution >= 4 is 41.4 Å². The van der Waals surface area contributed by atoms with Crippen molar-refractivity contribution in [1.29, 1.82) is 0 Å². The van der Waals surface area contributed by atoms with E-state index in [0.29, 0.717) is 49.9 Å². The van der Waals surface area contributed by atoms with Crippen LogP contribution < -0.4 is 20.9 Å². The maximum atomic E-state index is 12.4. The molecule has 2 atom stereocenters. The third-order valence-electron chi connectivity index (χ3n) is 6.84. The van der Waals surface area contributed by atoms with Crippen molar-refractivity contribution in [2.24, 2.45) is 5.92 Å². The molecule has 3 aromatic rings. The largest absolute Gasteiger partial charge is 0.447 e. The molecule has 0 spiro atoms. The summed E-state index contributed by atoms with van der Waals surface area (Å²) >= 11 is 0. The predicted molar refractivity (Wildman–Crippen MR) is 162 cm³/mol. The second kappa shape index (κ2) is 14.7. The molecule has 3 heterocycles. The Bertz CT molecular complexity index is 1380. The van der Waals surface area contributed by atoms with Crippen molar-refractivity contribution < 1.29 is 19.1 Å². The molecule has 1 fully saturated rings. The molecule has 0 radical (unpaired) electrons. The zero-order valence-electron chi connectivity index (χ0n) is 24.1. The van der Waals surface area contributed by atoms with E-state index in [4.69, 9.17) is 4.74 Å². The summed E-state index contributed by atoms with van der Waals surface area (Å²) in [5.74, 6) is 0.864. The van der Waals surface area contributed by atoms with Crippen LogP contribution in [0.15, 0.2) is 67.1 Å². The molecule has 2 aromatic heterocycles. The Morgan fingerprint density at radius 2 is 1.90 bits per heavy atom. The summed E-state index contributed by atoms with van der Waals surface area (Å²) in [5, 5.41) is 9.01. The van der Waals surface area contributed by atoms with Crippen molar-refractivity contribution in [3.63, 3.8) is 0 Å². The molecule has 0 saturated carbocycles. The number of benzene rings is 1. The van der Waals surface area contributed by atoms with Gasteiger partial charge in [-0.05, 0) is 67.2 Å². The van der Waals surface area contributed by atoms with Crippen LogP contribution in [-0.2, 0) is 14.3 Å². The van der Waals surface area contributed by atoms with Crippen LogP contribution in [0.25, 0.3) is 6.08 Å². The zero-order valence-corrected chi connectivity index (χ0v) is 24.1. The number of cyclic esters (lactones) is 1. The van der Waals surface area contributed by atoms with Crippen LogP contribution >= 0.6 is 0 Å². The highest BCUT2D eigenvalue weighted by atomic mass is 16.6. The first kappa shape index (κ1) is 30.2. The summed E-state index contributed by atoms with van der Waals surface area (Å²) in [7, 11) is 0. The molecule has 42 heavy (non-hydrogen) atoms. The first-order valence-corrected chi connectivity index (χ1v) is 14.1. The molecule has 3 N–H and O–H groups in total. The summed E-state index contributed by atoms with van der Waals surface area (Å²) in [6.07, 6.45) is 9.47. The van der Waals surface area contributed by atoms with Gasteiger partial charge in [-0.15, -0.1) is 0 Å². The Morgan fingerprint density at radius 3 is 2.64 bits per heavy atom. The van der Waals surface area contributed by atoms with Gasteiger partial charge in [-0.25, -0.2) is 9.78 Å². The number of rotatable bonds is 13. The number of hydrogen-bond acceptors (Lipinski definition) is 8. The predicted octanol–water partition coefficient (Wildman–Crippen LogP) is 4.96. The first-order valence-electron chi connectivity index (χ1n) is 14.1. The summed E-state index contributed by atoms with van der Waals surface area (Å²) in [6, 6.07) is 12.7. The normalized spacial score (nSPS) is 15.5. The van der Waals surface area contributed by atoms with Crippen LogP contribution in [0.4, 0.5) is 22.2 Å². The third-order valence-corrected chi connectivity index (χ3v) is 6.84. The second-order valence-electron chi connectivity index (χ2n) is 10.4. The molecule has 0 unspecified atom stereocenters. The Labute approximate surface area is 245 Å². The van der Waals surface area contributed by atoms with Crippen LogP contribution in [0.3, 0.4) is 0 Å². The highest BCUT2D eigenvalue weighted by Gasteiger charge is 2.37. The van der Waals surface area contributed by atoms with Crippen LogP contribution in [-0.4, -0.2) is 52.1 Å². The van der Waals surface area contributed by atoms with Gasteiger partial charge in [-0.1, -0.05) is 32.0 Å². The van der Waals surface area contributed by atoms with Gasteiger partial charge in [0.05, 0.1) is 12.1 Å². The van der Waals surface area contributed by atoms with Crippen LogP contribution in [0.5, 0.6) is 0 Å². The van der Waals surface area contributed by atoms with Crippen molar-refractivity contribution in [1.82, 2.24) is 20.3 Å². The number of carbonyl (C=O) groups excluding carboxylic acids is 3. The van der Waals surface area contributed by atoms with Crippen molar-refractivity contribution in [3.05, 3.63) is 78.3 Å². The summed E-state index contributed by atoms with van der Waals surface area (Å²) in [6.45, 7) is 6.91. The maximum absolute atomic E-state index is 12.4. The molecule has 1 aromatic carbocycles. The van der Waals surface area contributed by atoms with E-state index in [2.05, 4.69) is 30.9 Å². The summed E-state index contributed by atoms with van der Waals surface area (Å²) < 4.78 is 5.24. The number of hydrogen-bond donors (Lipinski definition) is 3. The van der Waals surface area contributed by atoms with Crippen molar-refractivity contribution in [2.75, 3.05) is 28.7 Å². The molecular formula is C31H37N7O4. The number of unbranched alkanes of at least 4 members (excludes halogenated alkanes) is 1. The SMILES string of the molecule is CC(C)[C@H]1COC(=O)N1c1ccnc(N[C@@H](C)c2ccc(NC(=O)CCCCNC(=O)/C=C/c3cccnc3)cc2)n1. The molecular weight excluding hydrogens is 534 g/mol. The molecule has 11 heteroatoms. The van der Waals surface area contributed by atoms with E-state index in [1.165, 1.54) is 6.08 Å². The quantitative estimate of drug-likeness (QED) is 0.193. The molecule has 0 aliphatic carbocycles. The minimum absolute atomic E-state index is 0.0768. The van der Waals surface area contributed by atoms with Gasteiger partial charge in [0.2, 0.25) is 17.8 Å².